The average molecular weight is 260 g/mol. The first-order chi connectivity index (χ1) is 9.15. The third-order valence-electron chi connectivity index (χ3n) is 2.39. The van der Waals surface area contributed by atoms with E-state index in [1.165, 1.54) is 0 Å². The number of rotatable bonds is 6. The van der Waals surface area contributed by atoms with Gasteiger partial charge >= 0.3 is 5.97 Å². The first kappa shape index (κ1) is 14.7. The molecule has 0 saturated heterocycles. The molecule has 1 amide bonds. The number of carbonyl (C=O) groups is 2. The fourth-order valence-corrected chi connectivity index (χ4v) is 1.48. The van der Waals surface area contributed by atoms with Crippen LogP contribution in [0.3, 0.4) is 0 Å². The van der Waals surface area contributed by atoms with Gasteiger partial charge in [0.15, 0.2) is 0 Å². The Morgan fingerprint density at radius 3 is 2.53 bits per heavy atom. The summed E-state index contributed by atoms with van der Waals surface area (Å²) in [4.78, 5) is 22.6. The van der Waals surface area contributed by atoms with Crippen LogP contribution in [0, 0.1) is 11.3 Å². The van der Waals surface area contributed by atoms with Crippen LogP contribution >= 0.6 is 0 Å². The number of anilines is 1. The van der Waals surface area contributed by atoms with E-state index in [4.69, 9.17) is 10.00 Å². The van der Waals surface area contributed by atoms with Crippen molar-refractivity contribution in [3.05, 3.63) is 29.8 Å². The van der Waals surface area contributed by atoms with Gasteiger partial charge in [-0.1, -0.05) is 0 Å². The fraction of sp³-hybridized carbons (Fsp3) is 0.357. The molecule has 5 nitrogen and oxygen atoms in total. The van der Waals surface area contributed by atoms with Crippen molar-refractivity contribution in [2.24, 2.45) is 0 Å². The Hall–Kier alpha value is -2.35. The molecule has 0 heterocycles. The number of ether oxygens (including phenoxy) is 1. The van der Waals surface area contributed by atoms with Crippen LogP contribution in [-0.2, 0) is 14.3 Å². The number of nitrogens with one attached hydrogen (secondary N) is 1. The van der Waals surface area contributed by atoms with Gasteiger partial charge in [-0.3, -0.25) is 9.59 Å². The summed E-state index contributed by atoms with van der Waals surface area (Å²) < 4.78 is 4.77. The monoisotopic (exact) mass is 260 g/mol. The zero-order chi connectivity index (χ0) is 14.1. The number of nitriles is 1. The van der Waals surface area contributed by atoms with Gasteiger partial charge in [0.1, 0.15) is 0 Å². The normalized spacial score (nSPS) is 9.47. The minimum absolute atomic E-state index is 0.158. The maximum absolute atomic E-state index is 11.6. The third kappa shape index (κ3) is 5.68. The molecule has 0 aliphatic carbocycles. The summed E-state index contributed by atoms with van der Waals surface area (Å²) in [6.07, 6.45) is 0.967. The van der Waals surface area contributed by atoms with E-state index >= 15 is 0 Å². The van der Waals surface area contributed by atoms with Crippen molar-refractivity contribution in [3.63, 3.8) is 0 Å². The van der Waals surface area contributed by atoms with Gasteiger partial charge in [0.05, 0.1) is 18.2 Å². The maximum Gasteiger partial charge on any atom is 0.305 e. The molecule has 5 heteroatoms. The highest BCUT2D eigenvalue weighted by molar-refractivity contribution is 5.90. The van der Waals surface area contributed by atoms with Crippen molar-refractivity contribution >= 4 is 17.6 Å². The van der Waals surface area contributed by atoms with E-state index in [1.807, 2.05) is 6.07 Å². The molecule has 0 aromatic heterocycles. The molecule has 0 aliphatic rings. The van der Waals surface area contributed by atoms with Crippen LogP contribution in [0.5, 0.6) is 0 Å². The van der Waals surface area contributed by atoms with Crippen molar-refractivity contribution < 1.29 is 14.3 Å². The molecule has 0 aliphatic heterocycles. The van der Waals surface area contributed by atoms with E-state index < -0.39 is 0 Å². The Morgan fingerprint density at radius 1 is 1.26 bits per heavy atom. The zero-order valence-electron chi connectivity index (χ0n) is 10.8. The van der Waals surface area contributed by atoms with Crippen molar-refractivity contribution in [2.75, 3.05) is 11.9 Å². The maximum atomic E-state index is 11.6. The first-order valence-electron chi connectivity index (χ1n) is 6.11. The predicted molar refractivity (Wildman–Crippen MR) is 70.3 cm³/mol. The van der Waals surface area contributed by atoms with Gasteiger partial charge in [0.25, 0.3) is 0 Å². The molecular weight excluding hydrogens is 244 g/mol. The second-order valence-electron chi connectivity index (χ2n) is 3.90. The summed E-state index contributed by atoms with van der Waals surface area (Å²) in [6.45, 7) is 2.10. The van der Waals surface area contributed by atoms with Gasteiger partial charge < -0.3 is 10.1 Å². The van der Waals surface area contributed by atoms with Gasteiger partial charge in [-0.15, -0.1) is 0 Å². The largest absolute Gasteiger partial charge is 0.466 e. The zero-order valence-corrected chi connectivity index (χ0v) is 10.8. The summed E-state index contributed by atoms with van der Waals surface area (Å²) in [5, 5.41) is 11.3. The minimum atomic E-state index is -0.284. The predicted octanol–water partition coefficient (Wildman–Crippen LogP) is 2.23. The number of carbonyl (C=O) groups excluding carboxylic acids is 2. The first-order valence-corrected chi connectivity index (χ1v) is 6.11. The SMILES string of the molecule is CCOC(=O)CCCC(=O)Nc1ccc(C#N)cc1. The number of nitrogens with zero attached hydrogens (tertiary/aromatic N) is 1. The number of esters is 1. The summed E-state index contributed by atoms with van der Waals surface area (Å²) in [6, 6.07) is 8.61. The molecule has 0 bridgehead atoms. The molecule has 0 fully saturated rings. The van der Waals surface area contributed by atoms with E-state index in [0.29, 0.717) is 24.3 Å². The number of hydrogen-bond acceptors (Lipinski definition) is 4. The second-order valence-corrected chi connectivity index (χ2v) is 3.90. The van der Waals surface area contributed by atoms with Gasteiger partial charge in [-0.05, 0) is 37.6 Å². The second kappa shape index (κ2) is 7.88. The molecule has 1 aromatic rings. The van der Waals surface area contributed by atoms with Crippen molar-refractivity contribution in [1.29, 1.82) is 5.26 Å². The van der Waals surface area contributed by atoms with E-state index in [9.17, 15) is 9.59 Å². The molecule has 1 N–H and O–H groups in total. The Bertz CT molecular complexity index is 474. The van der Waals surface area contributed by atoms with Crippen LogP contribution in [0.15, 0.2) is 24.3 Å². The lowest BCUT2D eigenvalue weighted by atomic mass is 10.2. The fourth-order valence-electron chi connectivity index (χ4n) is 1.48. The molecule has 0 unspecified atom stereocenters. The van der Waals surface area contributed by atoms with Crippen LogP contribution in [0.4, 0.5) is 5.69 Å². The van der Waals surface area contributed by atoms with Crippen LogP contribution in [-0.4, -0.2) is 18.5 Å². The van der Waals surface area contributed by atoms with E-state index in [1.54, 1.807) is 31.2 Å². The van der Waals surface area contributed by atoms with E-state index in [2.05, 4.69) is 5.32 Å². The summed E-state index contributed by atoms with van der Waals surface area (Å²) in [7, 11) is 0. The van der Waals surface area contributed by atoms with Gasteiger partial charge in [0.2, 0.25) is 5.91 Å². The molecule has 0 radical (unpaired) electrons. The lowest BCUT2D eigenvalue weighted by Gasteiger charge is -2.05. The van der Waals surface area contributed by atoms with Crippen molar-refractivity contribution in [3.8, 4) is 6.07 Å². The summed E-state index contributed by atoms with van der Waals surface area (Å²) in [5.41, 5.74) is 1.18. The minimum Gasteiger partial charge on any atom is -0.466 e. The number of benzene rings is 1. The average Bonchev–Trinajstić information content (AvgIpc) is 2.40. The quantitative estimate of drug-likeness (QED) is 0.795. The van der Waals surface area contributed by atoms with Gasteiger partial charge in [-0.2, -0.15) is 5.26 Å². The van der Waals surface area contributed by atoms with Crippen molar-refractivity contribution in [2.45, 2.75) is 26.2 Å². The summed E-state index contributed by atoms with van der Waals surface area (Å²) >= 11 is 0. The smallest absolute Gasteiger partial charge is 0.305 e. The Morgan fingerprint density at radius 2 is 1.95 bits per heavy atom. The molecule has 0 spiro atoms. The lowest BCUT2D eigenvalue weighted by molar-refractivity contribution is -0.143. The molecule has 1 rings (SSSR count). The molecule has 1 aromatic carbocycles. The van der Waals surface area contributed by atoms with Crippen LogP contribution in [0.2, 0.25) is 0 Å². The molecule has 0 saturated carbocycles. The molecule has 0 atom stereocenters. The topological polar surface area (TPSA) is 79.2 Å². The number of amides is 1. The Labute approximate surface area is 112 Å². The number of hydrogen-bond donors (Lipinski definition) is 1. The highest BCUT2D eigenvalue weighted by Crippen LogP contribution is 2.10. The van der Waals surface area contributed by atoms with Gasteiger partial charge in [-0.25, -0.2) is 0 Å². The Balaban J connectivity index is 2.31. The molecule has 19 heavy (non-hydrogen) atoms. The van der Waals surface area contributed by atoms with Gasteiger partial charge in [0, 0.05) is 18.5 Å². The van der Waals surface area contributed by atoms with E-state index in [0.717, 1.165) is 0 Å². The van der Waals surface area contributed by atoms with E-state index in [-0.39, 0.29) is 24.7 Å². The highest BCUT2D eigenvalue weighted by Gasteiger charge is 2.06. The van der Waals surface area contributed by atoms with Crippen LogP contribution < -0.4 is 5.32 Å². The Kier molecular flexibility index (Phi) is 6.10. The lowest BCUT2D eigenvalue weighted by Crippen LogP contribution is -2.12. The van der Waals surface area contributed by atoms with Crippen molar-refractivity contribution in [1.82, 2.24) is 0 Å². The summed E-state index contributed by atoms with van der Waals surface area (Å²) in [5.74, 6) is -0.442. The van der Waals surface area contributed by atoms with Crippen LogP contribution in [0.1, 0.15) is 31.7 Å². The molecule has 100 valence electrons. The van der Waals surface area contributed by atoms with Crippen LogP contribution in [0.25, 0.3) is 0 Å². The highest BCUT2D eigenvalue weighted by atomic mass is 16.5. The molecular formula is C14H16N2O3. The third-order valence-corrected chi connectivity index (χ3v) is 2.39. The standard InChI is InChI=1S/C14H16N2O3/c1-2-19-14(18)5-3-4-13(17)16-12-8-6-11(10-15)7-9-12/h6-9H,2-5H2,1H3,(H,16,17).